The highest BCUT2D eigenvalue weighted by atomic mass is 16.5. The topological polar surface area (TPSA) is 63.9 Å². The third kappa shape index (κ3) is 1.67. The van der Waals surface area contributed by atoms with E-state index in [1.807, 2.05) is 19.1 Å². The maximum absolute atomic E-state index is 5.38. The van der Waals surface area contributed by atoms with Crippen LogP contribution in [0.3, 0.4) is 0 Å². The summed E-state index contributed by atoms with van der Waals surface area (Å²) in [5.41, 5.74) is 0. The summed E-state index contributed by atoms with van der Waals surface area (Å²) < 4.78 is 10.3. The number of H-pyrrole nitrogens is 1. The van der Waals surface area contributed by atoms with Crippen LogP contribution in [-0.4, -0.2) is 22.3 Å². The predicted molar refractivity (Wildman–Crippen MR) is 49.5 cm³/mol. The van der Waals surface area contributed by atoms with Crippen LogP contribution in [0.15, 0.2) is 16.5 Å². The average molecular weight is 193 g/mol. The molecule has 1 N–H and O–H groups in total. The summed E-state index contributed by atoms with van der Waals surface area (Å²) in [6.07, 6.45) is 0. The first-order chi connectivity index (χ1) is 6.79. The van der Waals surface area contributed by atoms with E-state index in [-0.39, 0.29) is 0 Å². The van der Waals surface area contributed by atoms with E-state index in [4.69, 9.17) is 9.15 Å². The Labute approximate surface area is 81.1 Å². The Bertz CT molecular complexity index is 419. The summed E-state index contributed by atoms with van der Waals surface area (Å²) in [5.74, 6) is 2.76. The molecule has 0 aromatic carbocycles. The Balaban J connectivity index is 2.24. The van der Waals surface area contributed by atoms with Crippen molar-refractivity contribution in [3.8, 4) is 11.6 Å². The molecule has 0 amide bonds. The zero-order chi connectivity index (χ0) is 9.97. The second-order valence-electron chi connectivity index (χ2n) is 2.95. The molecule has 2 aromatic heterocycles. The summed E-state index contributed by atoms with van der Waals surface area (Å²) in [6, 6.07) is 3.72. The molecule has 14 heavy (non-hydrogen) atoms. The number of hydrogen-bond donors (Lipinski definition) is 1. The summed E-state index contributed by atoms with van der Waals surface area (Å²) in [6.45, 7) is 2.30. The molecule has 0 saturated heterocycles. The van der Waals surface area contributed by atoms with Crippen LogP contribution in [0.25, 0.3) is 11.6 Å². The lowest BCUT2D eigenvalue weighted by molar-refractivity contribution is 0.178. The van der Waals surface area contributed by atoms with Gasteiger partial charge in [-0.3, -0.25) is 5.10 Å². The second-order valence-corrected chi connectivity index (χ2v) is 2.95. The minimum absolute atomic E-state index is 0.423. The van der Waals surface area contributed by atoms with Gasteiger partial charge in [-0.2, -0.15) is 0 Å². The molecule has 2 aromatic rings. The molecule has 0 spiro atoms. The van der Waals surface area contributed by atoms with E-state index in [1.165, 1.54) is 0 Å². The molecule has 5 nitrogen and oxygen atoms in total. The van der Waals surface area contributed by atoms with Crippen molar-refractivity contribution in [1.82, 2.24) is 15.2 Å². The zero-order valence-corrected chi connectivity index (χ0v) is 8.07. The highest BCUT2D eigenvalue weighted by Gasteiger charge is 2.08. The Kier molecular flexibility index (Phi) is 2.32. The van der Waals surface area contributed by atoms with Gasteiger partial charge in [-0.05, 0) is 19.1 Å². The smallest absolute Gasteiger partial charge is 0.217 e. The van der Waals surface area contributed by atoms with Crippen LogP contribution in [0.1, 0.15) is 11.6 Å². The third-order valence-electron chi connectivity index (χ3n) is 1.77. The van der Waals surface area contributed by atoms with Crippen LogP contribution >= 0.6 is 0 Å². The molecule has 0 fully saturated rings. The Morgan fingerprint density at radius 3 is 3.00 bits per heavy atom. The van der Waals surface area contributed by atoms with Gasteiger partial charge in [-0.1, -0.05) is 0 Å². The monoisotopic (exact) mass is 193 g/mol. The van der Waals surface area contributed by atoms with Crippen molar-refractivity contribution in [3.05, 3.63) is 23.7 Å². The van der Waals surface area contributed by atoms with E-state index in [9.17, 15) is 0 Å². The van der Waals surface area contributed by atoms with Gasteiger partial charge in [-0.25, -0.2) is 4.98 Å². The van der Waals surface area contributed by atoms with E-state index in [0.717, 1.165) is 5.76 Å². The minimum atomic E-state index is 0.423. The Morgan fingerprint density at radius 1 is 1.50 bits per heavy atom. The molecule has 0 aliphatic carbocycles. The van der Waals surface area contributed by atoms with Gasteiger partial charge < -0.3 is 9.15 Å². The molecule has 0 unspecified atom stereocenters. The van der Waals surface area contributed by atoms with E-state index >= 15 is 0 Å². The van der Waals surface area contributed by atoms with Crippen molar-refractivity contribution >= 4 is 0 Å². The highest BCUT2D eigenvalue weighted by Crippen LogP contribution is 2.17. The molecular formula is C9H11N3O2. The SMILES string of the molecule is COCc1nc(-c2ccc(C)o2)n[nH]1. The van der Waals surface area contributed by atoms with Crippen molar-refractivity contribution in [1.29, 1.82) is 0 Å². The van der Waals surface area contributed by atoms with Crippen LogP contribution in [0.2, 0.25) is 0 Å². The number of aromatic nitrogens is 3. The van der Waals surface area contributed by atoms with Crippen LogP contribution < -0.4 is 0 Å². The van der Waals surface area contributed by atoms with Crippen molar-refractivity contribution in [3.63, 3.8) is 0 Å². The summed E-state index contributed by atoms with van der Waals surface area (Å²) in [5, 5.41) is 6.78. The number of methoxy groups -OCH3 is 1. The van der Waals surface area contributed by atoms with Crippen molar-refractivity contribution in [2.45, 2.75) is 13.5 Å². The Morgan fingerprint density at radius 2 is 2.36 bits per heavy atom. The molecule has 0 atom stereocenters. The largest absolute Gasteiger partial charge is 0.458 e. The number of furan rings is 1. The van der Waals surface area contributed by atoms with Gasteiger partial charge in [0.25, 0.3) is 0 Å². The van der Waals surface area contributed by atoms with Gasteiger partial charge in [0, 0.05) is 7.11 Å². The molecule has 0 bridgehead atoms. The van der Waals surface area contributed by atoms with Gasteiger partial charge in [0.2, 0.25) is 5.82 Å². The number of aromatic amines is 1. The minimum Gasteiger partial charge on any atom is -0.458 e. The number of nitrogens with zero attached hydrogens (tertiary/aromatic N) is 2. The lowest BCUT2D eigenvalue weighted by Gasteiger charge is -1.89. The standard InChI is InChI=1S/C9H11N3O2/c1-6-3-4-7(14-6)9-10-8(5-13-2)11-12-9/h3-4H,5H2,1-2H3,(H,10,11,12). The molecule has 2 rings (SSSR count). The quantitative estimate of drug-likeness (QED) is 0.802. The fraction of sp³-hybridized carbons (Fsp3) is 0.333. The first kappa shape index (κ1) is 8.96. The molecule has 0 saturated carbocycles. The average Bonchev–Trinajstić information content (AvgIpc) is 2.74. The summed E-state index contributed by atoms with van der Waals surface area (Å²) >= 11 is 0. The molecular weight excluding hydrogens is 182 g/mol. The lowest BCUT2D eigenvalue weighted by atomic mass is 10.4. The first-order valence-corrected chi connectivity index (χ1v) is 4.26. The summed E-state index contributed by atoms with van der Waals surface area (Å²) in [4.78, 5) is 4.20. The predicted octanol–water partition coefficient (Wildman–Crippen LogP) is 1.52. The van der Waals surface area contributed by atoms with Crippen LogP contribution in [-0.2, 0) is 11.3 Å². The fourth-order valence-corrected chi connectivity index (χ4v) is 1.16. The number of ether oxygens (including phenoxy) is 1. The van der Waals surface area contributed by atoms with Crippen LogP contribution in [0, 0.1) is 6.92 Å². The van der Waals surface area contributed by atoms with Gasteiger partial charge in [0.15, 0.2) is 11.6 Å². The Hall–Kier alpha value is -1.62. The summed E-state index contributed by atoms with van der Waals surface area (Å²) in [7, 11) is 1.61. The highest BCUT2D eigenvalue weighted by molar-refractivity contribution is 5.46. The number of aryl methyl sites for hydroxylation is 1. The molecule has 74 valence electrons. The van der Waals surface area contributed by atoms with Crippen molar-refractivity contribution in [2.75, 3.05) is 7.11 Å². The molecule has 0 aliphatic heterocycles. The lowest BCUT2D eigenvalue weighted by Crippen LogP contribution is -1.89. The molecule has 2 heterocycles. The molecule has 5 heteroatoms. The van der Waals surface area contributed by atoms with E-state index in [1.54, 1.807) is 7.11 Å². The van der Waals surface area contributed by atoms with E-state index in [2.05, 4.69) is 15.2 Å². The van der Waals surface area contributed by atoms with Gasteiger partial charge in [0.1, 0.15) is 12.4 Å². The maximum Gasteiger partial charge on any atom is 0.217 e. The number of rotatable bonds is 3. The normalized spacial score (nSPS) is 10.7. The number of hydrogen-bond acceptors (Lipinski definition) is 4. The van der Waals surface area contributed by atoms with Gasteiger partial charge in [0.05, 0.1) is 0 Å². The van der Waals surface area contributed by atoms with Gasteiger partial charge >= 0.3 is 0 Å². The van der Waals surface area contributed by atoms with Crippen LogP contribution in [0.5, 0.6) is 0 Å². The van der Waals surface area contributed by atoms with Crippen molar-refractivity contribution < 1.29 is 9.15 Å². The maximum atomic E-state index is 5.38. The molecule has 0 radical (unpaired) electrons. The zero-order valence-electron chi connectivity index (χ0n) is 8.07. The van der Waals surface area contributed by atoms with Gasteiger partial charge in [-0.15, -0.1) is 5.10 Å². The van der Waals surface area contributed by atoms with Crippen LogP contribution in [0.4, 0.5) is 0 Å². The fourth-order valence-electron chi connectivity index (χ4n) is 1.16. The third-order valence-corrected chi connectivity index (χ3v) is 1.77. The van der Waals surface area contributed by atoms with E-state index < -0.39 is 0 Å². The first-order valence-electron chi connectivity index (χ1n) is 4.26. The van der Waals surface area contributed by atoms with E-state index in [0.29, 0.717) is 24.0 Å². The van der Waals surface area contributed by atoms with Crippen molar-refractivity contribution in [2.24, 2.45) is 0 Å². The second kappa shape index (κ2) is 3.63. The molecule has 0 aliphatic rings. The number of nitrogens with one attached hydrogen (secondary N) is 1.